The minimum atomic E-state index is -5.00. The number of carbonyl (C=O) groups is 2. The Balaban J connectivity index is 2.77. The van der Waals surface area contributed by atoms with Gasteiger partial charge in [-0.15, -0.1) is 0 Å². The summed E-state index contributed by atoms with van der Waals surface area (Å²) in [5.41, 5.74) is -5.72. The second kappa shape index (κ2) is 7.82. The number of nitrogens with zero attached hydrogens (tertiary/aromatic N) is 2. The Kier molecular flexibility index (Phi) is 6.02. The Hall–Kier alpha value is -2.95. The summed E-state index contributed by atoms with van der Waals surface area (Å²) in [4.78, 5) is 48.5. The van der Waals surface area contributed by atoms with Gasteiger partial charge in [-0.25, -0.2) is 13.8 Å². The lowest BCUT2D eigenvalue weighted by atomic mass is 9.98. The zero-order chi connectivity index (χ0) is 22.3. The van der Waals surface area contributed by atoms with Gasteiger partial charge in [-0.05, 0) is 19.1 Å². The third kappa shape index (κ3) is 4.09. The van der Waals surface area contributed by atoms with Gasteiger partial charge in [-0.1, -0.05) is 11.6 Å². The standard InChI is InChI=1S/C17H13ClF4N2O5/c1-7(15(27)29-3)14(26)8-4-11(10(19)5-9(8)18)24-13(25)6-12(17(20,21)22)23(2)16(24)28/h4-7H,1-3H3/t7-/m0/s1. The van der Waals surface area contributed by atoms with Crippen molar-refractivity contribution in [1.82, 2.24) is 9.13 Å². The van der Waals surface area contributed by atoms with Crippen LogP contribution in [0.1, 0.15) is 23.0 Å². The summed E-state index contributed by atoms with van der Waals surface area (Å²) in [6.07, 6.45) is -5.00. The number of alkyl halides is 3. The van der Waals surface area contributed by atoms with E-state index in [9.17, 15) is 36.7 Å². The van der Waals surface area contributed by atoms with Crippen LogP contribution in [0, 0.1) is 11.7 Å². The van der Waals surface area contributed by atoms with Crippen LogP contribution in [0.5, 0.6) is 0 Å². The molecule has 0 aliphatic heterocycles. The van der Waals surface area contributed by atoms with Gasteiger partial charge < -0.3 is 4.74 Å². The number of hydrogen-bond donors (Lipinski definition) is 0. The summed E-state index contributed by atoms with van der Waals surface area (Å²) in [6, 6.07) is 1.45. The number of esters is 1. The molecule has 0 aliphatic carbocycles. The molecule has 0 fully saturated rings. The van der Waals surface area contributed by atoms with E-state index in [0.717, 1.165) is 20.2 Å². The third-order valence-electron chi connectivity index (χ3n) is 4.10. The third-order valence-corrected chi connectivity index (χ3v) is 4.41. The lowest BCUT2D eigenvalue weighted by Crippen LogP contribution is -2.41. The van der Waals surface area contributed by atoms with Crippen LogP contribution in [0.3, 0.4) is 0 Å². The van der Waals surface area contributed by atoms with E-state index in [2.05, 4.69) is 4.74 Å². The molecule has 156 valence electrons. The SMILES string of the molecule is COC(=O)[C@@H](C)C(=O)c1cc(-n2c(=O)cc(C(F)(F)F)n(C)c2=O)c(F)cc1Cl. The van der Waals surface area contributed by atoms with Gasteiger partial charge in [0.05, 0.1) is 17.8 Å². The summed E-state index contributed by atoms with van der Waals surface area (Å²) in [6.45, 7) is 1.19. The van der Waals surface area contributed by atoms with Crippen LogP contribution in [0.2, 0.25) is 5.02 Å². The highest BCUT2D eigenvalue weighted by Gasteiger charge is 2.35. The maximum absolute atomic E-state index is 14.4. The summed E-state index contributed by atoms with van der Waals surface area (Å²) in [5.74, 6) is -4.40. The molecule has 1 aromatic heterocycles. The monoisotopic (exact) mass is 436 g/mol. The van der Waals surface area contributed by atoms with Crippen molar-refractivity contribution >= 4 is 23.4 Å². The van der Waals surface area contributed by atoms with Crippen LogP contribution in [-0.4, -0.2) is 28.0 Å². The Bertz CT molecular complexity index is 1120. The smallest absolute Gasteiger partial charge is 0.431 e. The maximum Gasteiger partial charge on any atom is 0.431 e. The van der Waals surface area contributed by atoms with Crippen LogP contribution < -0.4 is 11.2 Å². The molecule has 1 atom stereocenters. The Morgan fingerprint density at radius 1 is 1.17 bits per heavy atom. The molecule has 0 radical (unpaired) electrons. The molecule has 0 N–H and O–H groups in total. The zero-order valence-corrected chi connectivity index (χ0v) is 15.9. The largest absolute Gasteiger partial charge is 0.468 e. The van der Waals surface area contributed by atoms with Gasteiger partial charge in [0.15, 0.2) is 5.78 Å². The van der Waals surface area contributed by atoms with E-state index in [1.807, 2.05) is 0 Å². The fourth-order valence-corrected chi connectivity index (χ4v) is 2.78. The highest BCUT2D eigenvalue weighted by Crippen LogP contribution is 2.28. The fraction of sp³-hybridized carbons (Fsp3) is 0.294. The quantitative estimate of drug-likeness (QED) is 0.318. The number of Topliss-reactive ketones (excluding diaryl/α,β-unsaturated/α-hetero) is 1. The van der Waals surface area contributed by atoms with Gasteiger partial charge in [0.25, 0.3) is 5.56 Å². The van der Waals surface area contributed by atoms with Crippen LogP contribution in [0.25, 0.3) is 5.69 Å². The van der Waals surface area contributed by atoms with Crippen molar-refractivity contribution in [2.24, 2.45) is 13.0 Å². The normalized spacial score (nSPS) is 12.6. The second-order valence-corrected chi connectivity index (χ2v) is 6.34. The van der Waals surface area contributed by atoms with Crippen LogP contribution >= 0.6 is 11.6 Å². The molecule has 1 aromatic carbocycles. The van der Waals surface area contributed by atoms with Crippen molar-refractivity contribution in [1.29, 1.82) is 0 Å². The molecule has 29 heavy (non-hydrogen) atoms. The lowest BCUT2D eigenvalue weighted by molar-refractivity contribution is -0.144. The minimum Gasteiger partial charge on any atom is -0.468 e. The van der Waals surface area contributed by atoms with Crippen molar-refractivity contribution in [3.63, 3.8) is 0 Å². The molecule has 1 heterocycles. The molecule has 7 nitrogen and oxygen atoms in total. The first-order valence-corrected chi connectivity index (χ1v) is 8.20. The van der Waals surface area contributed by atoms with E-state index in [1.165, 1.54) is 6.92 Å². The number of carbonyl (C=O) groups excluding carboxylic acids is 2. The highest BCUT2D eigenvalue weighted by molar-refractivity contribution is 6.34. The number of ether oxygens (including phenoxy) is 1. The van der Waals surface area contributed by atoms with Crippen molar-refractivity contribution in [3.05, 3.63) is 61.1 Å². The molecule has 0 bridgehead atoms. The van der Waals surface area contributed by atoms with Crippen LogP contribution in [0.15, 0.2) is 27.8 Å². The lowest BCUT2D eigenvalue weighted by Gasteiger charge is -2.16. The molecule has 0 saturated heterocycles. The predicted octanol–water partition coefficient (Wildman–Crippen LogP) is 2.34. The first-order chi connectivity index (χ1) is 13.3. The maximum atomic E-state index is 14.4. The molecule has 0 spiro atoms. The Morgan fingerprint density at radius 3 is 2.28 bits per heavy atom. The number of halogens is 5. The molecule has 2 aromatic rings. The van der Waals surface area contributed by atoms with E-state index >= 15 is 0 Å². The van der Waals surface area contributed by atoms with Gasteiger partial charge in [0.1, 0.15) is 17.4 Å². The predicted molar refractivity (Wildman–Crippen MR) is 92.8 cm³/mol. The van der Waals surface area contributed by atoms with Crippen molar-refractivity contribution in [3.8, 4) is 5.69 Å². The molecular formula is C17H13ClF4N2O5. The van der Waals surface area contributed by atoms with Gasteiger partial charge in [-0.2, -0.15) is 13.2 Å². The number of ketones is 1. The Labute approximate surface area is 165 Å². The molecular weight excluding hydrogens is 424 g/mol. The number of hydrogen-bond acceptors (Lipinski definition) is 5. The zero-order valence-electron chi connectivity index (χ0n) is 15.1. The topological polar surface area (TPSA) is 87.4 Å². The van der Waals surface area contributed by atoms with Crippen LogP contribution in [-0.2, 0) is 22.8 Å². The molecule has 12 heteroatoms. The van der Waals surface area contributed by atoms with E-state index in [4.69, 9.17) is 11.6 Å². The Morgan fingerprint density at radius 2 is 1.76 bits per heavy atom. The van der Waals surface area contributed by atoms with Gasteiger partial charge >= 0.3 is 17.8 Å². The second-order valence-electron chi connectivity index (χ2n) is 5.94. The minimum absolute atomic E-state index is 0.119. The number of methoxy groups -OCH3 is 1. The number of aromatic nitrogens is 2. The van der Waals surface area contributed by atoms with E-state index in [1.54, 1.807) is 0 Å². The summed E-state index contributed by atoms with van der Waals surface area (Å²) in [5, 5.41) is -0.427. The summed E-state index contributed by atoms with van der Waals surface area (Å²) < 4.78 is 58.0. The molecule has 0 unspecified atom stereocenters. The number of benzene rings is 1. The highest BCUT2D eigenvalue weighted by atomic mass is 35.5. The first-order valence-electron chi connectivity index (χ1n) is 7.83. The van der Waals surface area contributed by atoms with Crippen molar-refractivity contribution < 1.29 is 31.9 Å². The molecule has 0 saturated carbocycles. The molecule has 0 amide bonds. The van der Waals surface area contributed by atoms with Crippen molar-refractivity contribution in [2.45, 2.75) is 13.1 Å². The number of rotatable bonds is 4. The average Bonchev–Trinajstić information content (AvgIpc) is 2.63. The summed E-state index contributed by atoms with van der Waals surface area (Å²) >= 11 is 5.84. The van der Waals surface area contributed by atoms with E-state index < -0.39 is 62.9 Å². The first kappa shape index (κ1) is 22.3. The fourth-order valence-electron chi connectivity index (χ4n) is 2.53. The summed E-state index contributed by atoms with van der Waals surface area (Å²) in [7, 11) is 1.79. The molecule has 2 rings (SSSR count). The molecule has 0 aliphatic rings. The van der Waals surface area contributed by atoms with Gasteiger partial charge in [0, 0.05) is 18.7 Å². The van der Waals surface area contributed by atoms with Crippen molar-refractivity contribution in [2.75, 3.05) is 7.11 Å². The van der Waals surface area contributed by atoms with Gasteiger partial charge in [0.2, 0.25) is 0 Å². The van der Waals surface area contributed by atoms with Crippen LogP contribution in [0.4, 0.5) is 17.6 Å². The van der Waals surface area contributed by atoms with E-state index in [0.29, 0.717) is 6.07 Å². The van der Waals surface area contributed by atoms with E-state index in [-0.39, 0.29) is 15.2 Å². The average molecular weight is 437 g/mol. The van der Waals surface area contributed by atoms with Gasteiger partial charge in [-0.3, -0.25) is 19.0 Å².